The van der Waals surface area contributed by atoms with E-state index in [1.54, 1.807) is 18.1 Å². The lowest BCUT2D eigenvalue weighted by Gasteiger charge is -2.42. The van der Waals surface area contributed by atoms with Crippen LogP contribution in [0.5, 0.6) is 5.75 Å². The minimum Gasteiger partial charge on any atom is -0.497 e. The Bertz CT molecular complexity index is 1360. The Morgan fingerprint density at radius 3 is 2.71 bits per heavy atom. The Labute approximate surface area is 202 Å². The van der Waals surface area contributed by atoms with E-state index in [-0.39, 0.29) is 23.8 Å². The average Bonchev–Trinajstić information content (AvgIpc) is 3.44. The van der Waals surface area contributed by atoms with Crippen LogP contribution in [0.3, 0.4) is 0 Å². The second kappa shape index (κ2) is 8.04. The van der Waals surface area contributed by atoms with Gasteiger partial charge < -0.3 is 9.64 Å². The van der Waals surface area contributed by atoms with Crippen LogP contribution >= 0.6 is 0 Å². The van der Waals surface area contributed by atoms with Crippen molar-refractivity contribution in [2.75, 3.05) is 7.11 Å². The molecule has 9 nitrogen and oxygen atoms in total. The smallest absolute Gasteiger partial charge is 0.255 e. The normalized spacial score (nSPS) is 20.9. The fraction of sp³-hybridized carbons (Fsp3) is 0.346. The first-order valence-electron chi connectivity index (χ1n) is 11.8. The minimum atomic E-state index is -0.627. The molecule has 178 valence electrons. The van der Waals surface area contributed by atoms with E-state index in [0.29, 0.717) is 18.5 Å². The van der Waals surface area contributed by atoms with Crippen molar-refractivity contribution >= 4 is 17.7 Å². The summed E-state index contributed by atoms with van der Waals surface area (Å²) in [6, 6.07) is 13.1. The van der Waals surface area contributed by atoms with Crippen LogP contribution in [0.25, 0.3) is 11.3 Å². The summed E-state index contributed by atoms with van der Waals surface area (Å²) >= 11 is 0. The van der Waals surface area contributed by atoms with Crippen molar-refractivity contribution in [1.82, 2.24) is 25.2 Å². The van der Waals surface area contributed by atoms with Gasteiger partial charge in [-0.05, 0) is 61.1 Å². The van der Waals surface area contributed by atoms with Crippen LogP contribution in [0.4, 0.5) is 0 Å². The van der Waals surface area contributed by atoms with Gasteiger partial charge in [-0.1, -0.05) is 23.4 Å². The lowest BCUT2D eigenvalue weighted by atomic mass is 9.72. The summed E-state index contributed by atoms with van der Waals surface area (Å²) < 4.78 is 7.38. The summed E-state index contributed by atoms with van der Waals surface area (Å²) in [5.41, 5.74) is 3.94. The lowest BCUT2D eigenvalue weighted by molar-refractivity contribution is -0.136. The Kier molecular flexibility index (Phi) is 4.94. The number of imide groups is 1. The summed E-state index contributed by atoms with van der Waals surface area (Å²) in [6.07, 6.45) is 5.61. The van der Waals surface area contributed by atoms with Crippen molar-refractivity contribution in [2.45, 2.75) is 50.2 Å². The highest BCUT2D eigenvalue weighted by atomic mass is 16.5. The predicted octanol–water partition coefficient (Wildman–Crippen LogP) is 2.64. The summed E-state index contributed by atoms with van der Waals surface area (Å²) in [7, 11) is 1.67. The minimum absolute atomic E-state index is 0.184. The summed E-state index contributed by atoms with van der Waals surface area (Å²) in [6.45, 7) is 0.330. The van der Waals surface area contributed by atoms with E-state index >= 15 is 0 Å². The Balaban J connectivity index is 1.27. The maximum Gasteiger partial charge on any atom is 0.255 e. The quantitative estimate of drug-likeness (QED) is 0.574. The van der Waals surface area contributed by atoms with Gasteiger partial charge in [-0.25, -0.2) is 4.68 Å². The van der Waals surface area contributed by atoms with Crippen molar-refractivity contribution in [3.05, 3.63) is 65.4 Å². The van der Waals surface area contributed by atoms with Crippen LogP contribution in [0.1, 0.15) is 53.6 Å². The number of carbonyl (C=O) groups is 3. The Hall–Kier alpha value is -4.01. The van der Waals surface area contributed by atoms with Gasteiger partial charge >= 0.3 is 0 Å². The first-order valence-corrected chi connectivity index (χ1v) is 11.8. The number of aromatic nitrogens is 3. The van der Waals surface area contributed by atoms with E-state index in [1.807, 2.05) is 35.1 Å². The van der Waals surface area contributed by atoms with Crippen LogP contribution in [0.15, 0.2) is 48.7 Å². The molecule has 3 amide bonds. The zero-order valence-electron chi connectivity index (χ0n) is 19.4. The van der Waals surface area contributed by atoms with Crippen LogP contribution in [-0.4, -0.2) is 50.8 Å². The highest BCUT2D eigenvalue weighted by Gasteiger charge is 2.42. The number of amides is 3. The number of ether oxygens (including phenoxy) is 1. The number of piperidine rings is 1. The van der Waals surface area contributed by atoms with E-state index in [4.69, 9.17) is 4.74 Å². The zero-order valence-corrected chi connectivity index (χ0v) is 19.4. The van der Waals surface area contributed by atoms with Gasteiger partial charge in [-0.3, -0.25) is 19.7 Å². The molecule has 1 aromatic heterocycles. The molecule has 1 N–H and O–H groups in total. The van der Waals surface area contributed by atoms with Crippen molar-refractivity contribution in [3.8, 4) is 17.0 Å². The SMILES string of the molecule is COc1cccc(C2(n3cc(-c4ccc5c(c4)CN(C4CCC(=O)NC4=O)C5=O)nn3)CCC2)c1. The van der Waals surface area contributed by atoms with Gasteiger partial charge in [0.1, 0.15) is 17.5 Å². The largest absolute Gasteiger partial charge is 0.497 e. The van der Waals surface area contributed by atoms with E-state index in [0.717, 1.165) is 47.4 Å². The molecule has 2 fully saturated rings. The fourth-order valence-electron chi connectivity index (χ4n) is 5.41. The maximum absolute atomic E-state index is 13.0. The molecule has 3 aromatic rings. The summed E-state index contributed by atoms with van der Waals surface area (Å²) in [5.74, 6) is -0.0676. The lowest BCUT2D eigenvalue weighted by Crippen LogP contribution is -2.52. The number of rotatable bonds is 5. The molecule has 1 unspecified atom stereocenters. The average molecular weight is 472 g/mol. The molecule has 35 heavy (non-hydrogen) atoms. The molecule has 3 aliphatic rings. The first kappa shape index (κ1) is 21.5. The summed E-state index contributed by atoms with van der Waals surface area (Å²) in [5, 5.41) is 11.3. The number of nitrogens with zero attached hydrogens (tertiary/aromatic N) is 4. The summed E-state index contributed by atoms with van der Waals surface area (Å²) in [4.78, 5) is 38.3. The monoisotopic (exact) mass is 471 g/mol. The van der Waals surface area contributed by atoms with Crippen molar-refractivity contribution < 1.29 is 19.1 Å². The predicted molar refractivity (Wildman–Crippen MR) is 125 cm³/mol. The number of hydrogen-bond donors (Lipinski definition) is 1. The van der Waals surface area contributed by atoms with Gasteiger partial charge in [0.15, 0.2) is 0 Å². The molecular weight excluding hydrogens is 446 g/mol. The van der Waals surface area contributed by atoms with E-state index < -0.39 is 11.9 Å². The van der Waals surface area contributed by atoms with Crippen molar-refractivity contribution in [3.63, 3.8) is 0 Å². The van der Waals surface area contributed by atoms with E-state index in [1.165, 1.54) is 0 Å². The second-order valence-corrected chi connectivity index (χ2v) is 9.44. The maximum atomic E-state index is 13.0. The third-order valence-electron chi connectivity index (χ3n) is 7.54. The van der Waals surface area contributed by atoms with Crippen LogP contribution in [-0.2, 0) is 21.7 Å². The fourth-order valence-corrected chi connectivity index (χ4v) is 5.41. The molecule has 0 bridgehead atoms. The van der Waals surface area contributed by atoms with Gasteiger partial charge in [0, 0.05) is 24.1 Å². The van der Waals surface area contributed by atoms with Gasteiger partial charge in [-0.15, -0.1) is 5.10 Å². The highest BCUT2D eigenvalue weighted by molar-refractivity contribution is 6.05. The number of hydrogen-bond acceptors (Lipinski definition) is 6. The van der Waals surface area contributed by atoms with Gasteiger partial charge in [0.05, 0.1) is 18.8 Å². The van der Waals surface area contributed by atoms with Crippen LogP contribution < -0.4 is 10.1 Å². The van der Waals surface area contributed by atoms with Crippen LogP contribution in [0.2, 0.25) is 0 Å². The molecule has 0 radical (unpaired) electrons. The van der Waals surface area contributed by atoms with Gasteiger partial charge in [0.25, 0.3) is 5.91 Å². The second-order valence-electron chi connectivity index (χ2n) is 9.44. The van der Waals surface area contributed by atoms with Crippen molar-refractivity contribution in [2.24, 2.45) is 0 Å². The molecule has 0 spiro atoms. The number of nitrogens with one attached hydrogen (secondary N) is 1. The van der Waals surface area contributed by atoms with Gasteiger partial charge in [-0.2, -0.15) is 0 Å². The Morgan fingerprint density at radius 1 is 1.11 bits per heavy atom. The van der Waals surface area contributed by atoms with Crippen molar-refractivity contribution in [1.29, 1.82) is 0 Å². The molecule has 6 rings (SSSR count). The molecule has 3 heterocycles. The number of benzene rings is 2. The molecule has 1 saturated carbocycles. The molecule has 1 atom stereocenters. The molecule has 1 saturated heterocycles. The van der Waals surface area contributed by atoms with Crippen LogP contribution in [0, 0.1) is 0 Å². The number of carbonyl (C=O) groups excluding carboxylic acids is 3. The standard InChI is InChI=1S/C26H25N5O4/c1-35-19-5-2-4-18(13-19)26(10-3-11-26)31-15-21(28-29-31)16-6-7-20-17(12-16)14-30(25(20)34)22-8-9-23(32)27-24(22)33/h2,4-7,12-13,15,22H,3,8-11,14H2,1H3,(H,27,32,33). The molecule has 9 heteroatoms. The van der Waals surface area contributed by atoms with E-state index in [9.17, 15) is 14.4 Å². The molecule has 2 aromatic carbocycles. The molecule has 2 aliphatic heterocycles. The molecule has 1 aliphatic carbocycles. The highest BCUT2D eigenvalue weighted by Crippen LogP contribution is 2.45. The first-order chi connectivity index (χ1) is 17.0. The number of fused-ring (bicyclic) bond motifs is 1. The van der Waals surface area contributed by atoms with Gasteiger partial charge in [0.2, 0.25) is 11.8 Å². The number of methoxy groups -OCH3 is 1. The third-order valence-corrected chi connectivity index (χ3v) is 7.54. The zero-order chi connectivity index (χ0) is 24.2. The van der Waals surface area contributed by atoms with E-state index in [2.05, 4.69) is 27.8 Å². The third kappa shape index (κ3) is 3.41. The Morgan fingerprint density at radius 2 is 1.97 bits per heavy atom. The molecular formula is C26H25N5O4. The topological polar surface area (TPSA) is 106 Å².